The number of hydrogen-bond donors (Lipinski definition) is 0. The maximum Gasteiger partial charge on any atom is -0.0198 e. The molecule has 0 radical (unpaired) electrons. The minimum Gasteiger partial charge on any atom is -0.100 e. The molecule has 2 rings (SSSR count). The fraction of sp³-hybridized carbons (Fsp3) is 0.429. The van der Waals surface area contributed by atoms with Crippen LogP contribution in [0.15, 0.2) is 61.2 Å². The Kier molecular flexibility index (Phi) is 8.77. The predicted octanol–water partition coefficient (Wildman–Crippen LogP) is 8.13. The van der Waals surface area contributed by atoms with Gasteiger partial charge in [-0.1, -0.05) is 67.1 Å². The van der Waals surface area contributed by atoms with Crippen molar-refractivity contribution in [1.82, 2.24) is 0 Å². The molecule has 0 aromatic heterocycles. The molecule has 0 aliphatic carbocycles. The van der Waals surface area contributed by atoms with Crippen molar-refractivity contribution in [2.75, 3.05) is 0 Å². The van der Waals surface area contributed by atoms with Crippen LogP contribution < -0.4 is 0 Å². The van der Waals surface area contributed by atoms with Gasteiger partial charge in [0.25, 0.3) is 0 Å². The lowest BCUT2D eigenvalue weighted by molar-refractivity contribution is 0.434. The first kappa shape index (κ1) is 22.2. The maximum atomic E-state index is 4.20. The van der Waals surface area contributed by atoms with Gasteiger partial charge in [-0.25, -0.2) is 0 Å². The van der Waals surface area contributed by atoms with Crippen molar-refractivity contribution in [2.24, 2.45) is 5.92 Å². The fourth-order valence-corrected chi connectivity index (χ4v) is 4.08. The molecule has 0 spiro atoms. The zero-order valence-corrected chi connectivity index (χ0v) is 18.5. The second-order valence-corrected chi connectivity index (χ2v) is 8.51. The van der Waals surface area contributed by atoms with Gasteiger partial charge in [0.1, 0.15) is 0 Å². The van der Waals surface area contributed by atoms with Gasteiger partial charge in [-0.3, -0.25) is 0 Å². The molecule has 0 heteroatoms. The first-order valence-corrected chi connectivity index (χ1v) is 10.9. The van der Waals surface area contributed by atoms with Crippen molar-refractivity contribution >= 4 is 5.57 Å². The molecule has 0 aliphatic heterocycles. The lowest BCUT2D eigenvalue weighted by atomic mass is 9.86. The summed E-state index contributed by atoms with van der Waals surface area (Å²) in [5, 5.41) is 0. The van der Waals surface area contributed by atoms with Crippen LogP contribution in [-0.4, -0.2) is 0 Å². The summed E-state index contributed by atoms with van der Waals surface area (Å²) in [6.45, 7) is 17.0. The van der Waals surface area contributed by atoms with Gasteiger partial charge >= 0.3 is 0 Å². The summed E-state index contributed by atoms with van der Waals surface area (Å²) in [5.74, 6) is 0.712. The second-order valence-electron chi connectivity index (χ2n) is 8.51. The van der Waals surface area contributed by atoms with Gasteiger partial charge in [0, 0.05) is 0 Å². The molecule has 0 bridgehead atoms. The van der Waals surface area contributed by atoms with Gasteiger partial charge < -0.3 is 0 Å². The predicted molar refractivity (Wildman–Crippen MR) is 126 cm³/mol. The van der Waals surface area contributed by atoms with Crippen LogP contribution in [0.2, 0.25) is 0 Å². The maximum absolute atomic E-state index is 4.20. The van der Waals surface area contributed by atoms with Gasteiger partial charge in [0.15, 0.2) is 0 Å². The highest BCUT2D eigenvalue weighted by atomic mass is 14.2. The van der Waals surface area contributed by atoms with Crippen LogP contribution >= 0.6 is 0 Å². The molecule has 0 fully saturated rings. The Labute approximate surface area is 173 Å². The largest absolute Gasteiger partial charge is 0.100 e. The minimum absolute atomic E-state index is 0.712. The first-order valence-electron chi connectivity index (χ1n) is 10.9. The molecule has 0 amide bonds. The Balaban J connectivity index is 2.12. The van der Waals surface area contributed by atoms with Gasteiger partial charge in [0.2, 0.25) is 0 Å². The van der Waals surface area contributed by atoms with E-state index in [1.807, 2.05) is 0 Å². The Morgan fingerprint density at radius 1 is 0.964 bits per heavy atom. The molecule has 2 aromatic carbocycles. The molecule has 0 N–H and O–H groups in total. The van der Waals surface area contributed by atoms with Crippen LogP contribution in [0.4, 0.5) is 0 Å². The van der Waals surface area contributed by atoms with Crippen molar-refractivity contribution in [1.29, 1.82) is 0 Å². The molecule has 0 nitrogen and oxygen atoms in total. The van der Waals surface area contributed by atoms with Crippen LogP contribution in [0.25, 0.3) is 5.57 Å². The summed E-state index contributed by atoms with van der Waals surface area (Å²) in [4.78, 5) is 0. The highest BCUT2D eigenvalue weighted by Crippen LogP contribution is 2.26. The molecule has 1 unspecified atom stereocenters. The Morgan fingerprint density at radius 3 is 2.36 bits per heavy atom. The summed E-state index contributed by atoms with van der Waals surface area (Å²) in [6.07, 6.45) is 8.31. The molecule has 0 saturated heterocycles. The van der Waals surface area contributed by atoms with Crippen molar-refractivity contribution < 1.29 is 0 Å². The monoisotopic (exact) mass is 374 g/mol. The first-order chi connectivity index (χ1) is 13.4. The second kappa shape index (κ2) is 11.1. The highest BCUT2D eigenvalue weighted by Gasteiger charge is 2.13. The quantitative estimate of drug-likeness (QED) is 0.348. The molecule has 1 atom stereocenters. The normalized spacial score (nSPS) is 12.0. The lowest BCUT2D eigenvalue weighted by Crippen LogP contribution is -2.08. The average molecular weight is 375 g/mol. The minimum atomic E-state index is 0.712. The lowest BCUT2D eigenvalue weighted by Gasteiger charge is -2.19. The zero-order chi connectivity index (χ0) is 20.5. The van der Waals surface area contributed by atoms with Crippen LogP contribution in [0, 0.1) is 12.8 Å². The van der Waals surface area contributed by atoms with Crippen molar-refractivity contribution in [3.05, 3.63) is 89.0 Å². The molecule has 2 aromatic rings. The Morgan fingerprint density at radius 2 is 1.71 bits per heavy atom. The molecule has 28 heavy (non-hydrogen) atoms. The van der Waals surface area contributed by atoms with Gasteiger partial charge in [-0.2, -0.15) is 0 Å². The van der Waals surface area contributed by atoms with E-state index in [0.29, 0.717) is 5.92 Å². The number of benzene rings is 2. The van der Waals surface area contributed by atoms with Crippen LogP contribution in [-0.2, 0) is 19.3 Å². The molecular weight excluding hydrogens is 336 g/mol. The summed E-state index contributed by atoms with van der Waals surface area (Å²) in [6, 6.07) is 15.9. The van der Waals surface area contributed by atoms with E-state index in [4.69, 9.17) is 0 Å². The topological polar surface area (TPSA) is 0 Å². The number of hydrogen-bond acceptors (Lipinski definition) is 0. The van der Waals surface area contributed by atoms with Gasteiger partial charge in [-0.15, -0.1) is 6.58 Å². The van der Waals surface area contributed by atoms with E-state index in [9.17, 15) is 0 Å². The van der Waals surface area contributed by atoms with Crippen LogP contribution in [0.3, 0.4) is 0 Å². The van der Waals surface area contributed by atoms with E-state index < -0.39 is 0 Å². The summed E-state index contributed by atoms with van der Waals surface area (Å²) >= 11 is 0. The number of allylic oxidation sites excluding steroid dienone is 2. The Hall–Kier alpha value is -2.08. The molecule has 0 aliphatic rings. The zero-order valence-electron chi connectivity index (χ0n) is 18.5. The summed E-state index contributed by atoms with van der Waals surface area (Å²) in [5.41, 5.74) is 9.61. The van der Waals surface area contributed by atoms with E-state index in [1.54, 1.807) is 0 Å². The van der Waals surface area contributed by atoms with E-state index in [1.165, 1.54) is 64.6 Å². The molecule has 0 saturated carbocycles. The van der Waals surface area contributed by atoms with Crippen molar-refractivity contribution in [3.8, 4) is 0 Å². The molecule has 150 valence electrons. The third-order valence-electron chi connectivity index (χ3n) is 5.84. The average Bonchev–Trinajstić information content (AvgIpc) is 2.66. The molecular formula is C28H38. The van der Waals surface area contributed by atoms with E-state index >= 15 is 0 Å². The number of rotatable bonds is 11. The van der Waals surface area contributed by atoms with Crippen molar-refractivity contribution in [3.63, 3.8) is 0 Å². The van der Waals surface area contributed by atoms with E-state index in [0.717, 1.165) is 19.3 Å². The smallest absolute Gasteiger partial charge is 0.0198 e. The summed E-state index contributed by atoms with van der Waals surface area (Å²) < 4.78 is 0. The van der Waals surface area contributed by atoms with Gasteiger partial charge in [-0.05, 0) is 99.5 Å². The fourth-order valence-electron chi connectivity index (χ4n) is 4.08. The number of aryl methyl sites for hydroxylation is 3. The Bertz CT molecular complexity index is 793. The van der Waals surface area contributed by atoms with Gasteiger partial charge in [0.05, 0.1) is 0 Å². The summed E-state index contributed by atoms with van der Waals surface area (Å²) in [7, 11) is 0. The van der Waals surface area contributed by atoms with E-state index in [-0.39, 0.29) is 0 Å². The van der Waals surface area contributed by atoms with Crippen molar-refractivity contribution in [2.45, 2.75) is 72.6 Å². The highest BCUT2D eigenvalue weighted by molar-refractivity contribution is 5.65. The van der Waals surface area contributed by atoms with Crippen LogP contribution in [0.5, 0.6) is 0 Å². The standard InChI is InChI=1S/C28H38/c1-7-26-17-16-25(20-28(26)22(4)5)19-24(13-10-11-21(2)3)15-18-27-14-9-8-12-23(27)6/h8-9,12,14,16-17,20,24H,2,4,7,10-11,13,15,18-19H2,1,3,5-6H3. The third kappa shape index (κ3) is 6.82. The van der Waals surface area contributed by atoms with E-state index in [2.05, 4.69) is 83.3 Å². The molecule has 0 heterocycles. The third-order valence-corrected chi connectivity index (χ3v) is 5.84. The van der Waals surface area contributed by atoms with Crippen LogP contribution in [0.1, 0.15) is 74.3 Å². The SMILES string of the molecule is C=C(C)CCCC(CCc1ccccc1C)Cc1ccc(CC)c(C(=C)C)c1.